The molecule has 3 aromatic carbocycles. The highest BCUT2D eigenvalue weighted by Crippen LogP contribution is 2.32. The molecule has 2 heteroatoms. The minimum absolute atomic E-state index is 0.519. The maximum atomic E-state index is 5.81. The lowest BCUT2D eigenvalue weighted by Gasteiger charge is -2.18. The molecule has 0 radical (unpaired) electrons. The van der Waals surface area contributed by atoms with E-state index in [2.05, 4.69) is 42.5 Å². The van der Waals surface area contributed by atoms with E-state index < -0.39 is 0 Å². The van der Waals surface area contributed by atoms with Crippen LogP contribution in [0.15, 0.2) is 71.7 Å². The van der Waals surface area contributed by atoms with Gasteiger partial charge >= 0.3 is 0 Å². The average Bonchev–Trinajstić information content (AvgIpc) is 2.54. The Kier molecular flexibility index (Phi) is 2.52. The second-order valence-electron chi connectivity index (χ2n) is 4.84. The molecule has 1 aliphatic rings. The van der Waals surface area contributed by atoms with Gasteiger partial charge in [0.1, 0.15) is 18.0 Å². The van der Waals surface area contributed by atoms with Gasteiger partial charge in [-0.05, 0) is 22.9 Å². The predicted molar refractivity (Wildman–Crippen MR) is 82.1 cm³/mol. The molecule has 0 aromatic heterocycles. The van der Waals surface area contributed by atoms with Crippen molar-refractivity contribution in [1.82, 2.24) is 0 Å². The normalized spacial score (nSPS) is 13.5. The van der Waals surface area contributed by atoms with Crippen molar-refractivity contribution in [2.75, 3.05) is 6.61 Å². The molecule has 3 aromatic rings. The van der Waals surface area contributed by atoms with Gasteiger partial charge in [-0.15, -0.1) is 0 Å². The first-order valence-electron chi connectivity index (χ1n) is 6.69. The van der Waals surface area contributed by atoms with E-state index in [1.807, 2.05) is 24.3 Å². The van der Waals surface area contributed by atoms with Crippen LogP contribution < -0.4 is 4.74 Å². The second-order valence-corrected chi connectivity index (χ2v) is 4.84. The van der Waals surface area contributed by atoms with Gasteiger partial charge in [-0.3, -0.25) is 0 Å². The molecule has 0 fully saturated rings. The highest BCUT2D eigenvalue weighted by atomic mass is 16.5. The number of rotatable bonds is 1. The number of benzene rings is 3. The summed E-state index contributed by atoms with van der Waals surface area (Å²) in [5.41, 5.74) is 3.04. The summed E-state index contributed by atoms with van der Waals surface area (Å²) in [6.07, 6.45) is 0. The Labute approximate surface area is 117 Å². The minimum Gasteiger partial charge on any atom is -0.485 e. The van der Waals surface area contributed by atoms with Gasteiger partial charge in [-0.2, -0.15) is 0 Å². The molecule has 0 atom stereocenters. The molecule has 0 saturated heterocycles. The Balaban J connectivity index is 1.91. The quantitative estimate of drug-likeness (QED) is 0.636. The van der Waals surface area contributed by atoms with Crippen LogP contribution in [0.4, 0.5) is 5.69 Å². The summed E-state index contributed by atoms with van der Waals surface area (Å²) < 4.78 is 5.81. The third-order valence-electron chi connectivity index (χ3n) is 3.59. The third-order valence-corrected chi connectivity index (χ3v) is 3.59. The van der Waals surface area contributed by atoms with Crippen LogP contribution in [-0.2, 0) is 0 Å². The van der Waals surface area contributed by atoms with Gasteiger partial charge in [0.2, 0.25) is 0 Å². The van der Waals surface area contributed by atoms with E-state index in [1.54, 1.807) is 0 Å². The summed E-state index contributed by atoms with van der Waals surface area (Å²) in [4.78, 5) is 4.76. The van der Waals surface area contributed by atoms with Crippen LogP contribution in [0.2, 0.25) is 0 Å². The molecule has 0 bridgehead atoms. The van der Waals surface area contributed by atoms with Gasteiger partial charge in [-0.1, -0.05) is 54.6 Å². The first-order valence-corrected chi connectivity index (χ1v) is 6.69. The first kappa shape index (κ1) is 11.2. The van der Waals surface area contributed by atoms with Crippen molar-refractivity contribution in [2.24, 2.45) is 4.99 Å². The predicted octanol–water partition coefficient (Wildman–Crippen LogP) is 4.35. The van der Waals surface area contributed by atoms with Crippen LogP contribution in [0.5, 0.6) is 5.75 Å². The van der Waals surface area contributed by atoms with E-state index in [0.29, 0.717) is 6.61 Å². The highest BCUT2D eigenvalue weighted by molar-refractivity contribution is 6.13. The van der Waals surface area contributed by atoms with Crippen molar-refractivity contribution in [3.05, 3.63) is 72.3 Å². The van der Waals surface area contributed by atoms with Crippen LogP contribution in [0.1, 0.15) is 5.56 Å². The topological polar surface area (TPSA) is 21.6 Å². The zero-order valence-electron chi connectivity index (χ0n) is 10.9. The summed E-state index contributed by atoms with van der Waals surface area (Å²) in [5.74, 6) is 0.858. The zero-order valence-corrected chi connectivity index (χ0v) is 10.9. The Morgan fingerprint density at radius 3 is 2.60 bits per heavy atom. The zero-order chi connectivity index (χ0) is 13.4. The number of nitrogens with zero attached hydrogens (tertiary/aromatic N) is 1. The molecule has 0 unspecified atom stereocenters. The van der Waals surface area contributed by atoms with Crippen molar-refractivity contribution in [2.45, 2.75) is 0 Å². The average molecular weight is 259 g/mol. The summed E-state index contributed by atoms with van der Waals surface area (Å²) in [5, 5.41) is 2.45. The monoisotopic (exact) mass is 259 g/mol. The molecule has 4 rings (SSSR count). The van der Waals surface area contributed by atoms with Gasteiger partial charge in [0.15, 0.2) is 0 Å². The molecule has 2 nitrogen and oxygen atoms in total. The van der Waals surface area contributed by atoms with Crippen molar-refractivity contribution in [1.29, 1.82) is 0 Å². The fourth-order valence-corrected chi connectivity index (χ4v) is 2.61. The van der Waals surface area contributed by atoms with Gasteiger partial charge in [-0.25, -0.2) is 4.99 Å². The molecule has 1 heterocycles. The largest absolute Gasteiger partial charge is 0.485 e. The lowest BCUT2D eigenvalue weighted by Crippen LogP contribution is -2.16. The van der Waals surface area contributed by atoms with Crippen molar-refractivity contribution in [3.63, 3.8) is 0 Å². The molecule has 20 heavy (non-hydrogen) atoms. The lowest BCUT2D eigenvalue weighted by atomic mass is 10.0. The summed E-state index contributed by atoms with van der Waals surface area (Å²) in [7, 11) is 0. The highest BCUT2D eigenvalue weighted by Gasteiger charge is 2.15. The van der Waals surface area contributed by atoms with E-state index in [9.17, 15) is 0 Å². The number of ether oxygens (including phenoxy) is 1. The van der Waals surface area contributed by atoms with Gasteiger partial charge < -0.3 is 4.74 Å². The minimum atomic E-state index is 0.519. The fourth-order valence-electron chi connectivity index (χ4n) is 2.61. The Morgan fingerprint density at radius 1 is 0.800 bits per heavy atom. The molecule has 1 aliphatic heterocycles. The van der Waals surface area contributed by atoms with E-state index in [0.717, 1.165) is 22.7 Å². The van der Waals surface area contributed by atoms with E-state index >= 15 is 0 Å². The van der Waals surface area contributed by atoms with Crippen LogP contribution in [0, 0.1) is 0 Å². The molecule has 0 saturated carbocycles. The summed E-state index contributed by atoms with van der Waals surface area (Å²) in [6.45, 7) is 0.519. The number of aliphatic imine (C=N–C) groups is 1. The van der Waals surface area contributed by atoms with Crippen LogP contribution in [0.25, 0.3) is 10.8 Å². The second kappa shape index (κ2) is 4.49. The van der Waals surface area contributed by atoms with Gasteiger partial charge in [0.25, 0.3) is 0 Å². The number of fused-ring (bicyclic) bond motifs is 2. The molecular formula is C18H13NO. The SMILES string of the molecule is c1ccc2c(c1)N=C(c1cccc3ccccc13)CO2. The van der Waals surface area contributed by atoms with E-state index in [4.69, 9.17) is 9.73 Å². The molecule has 0 aliphatic carbocycles. The van der Waals surface area contributed by atoms with Gasteiger partial charge in [0, 0.05) is 5.56 Å². The van der Waals surface area contributed by atoms with Crippen molar-refractivity contribution >= 4 is 22.2 Å². The number of para-hydroxylation sites is 2. The maximum Gasteiger partial charge on any atom is 0.145 e. The summed E-state index contributed by atoms with van der Waals surface area (Å²) >= 11 is 0. The molecule has 0 spiro atoms. The Bertz CT molecular complexity index is 815. The van der Waals surface area contributed by atoms with Crippen LogP contribution in [-0.4, -0.2) is 12.3 Å². The molecule has 0 N–H and O–H groups in total. The fraction of sp³-hybridized carbons (Fsp3) is 0.0556. The Hall–Kier alpha value is -2.61. The third kappa shape index (κ3) is 1.77. The molecule has 96 valence electrons. The standard InChI is InChI=1S/C18H13NO/c1-2-8-14-13(6-1)7-5-9-15(14)17-12-20-18-11-4-3-10-16(18)19-17/h1-11H,12H2. The summed E-state index contributed by atoms with van der Waals surface area (Å²) in [6, 6.07) is 22.6. The maximum absolute atomic E-state index is 5.81. The number of hydrogen-bond donors (Lipinski definition) is 0. The molecule has 0 amide bonds. The van der Waals surface area contributed by atoms with Crippen LogP contribution in [0.3, 0.4) is 0 Å². The smallest absolute Gasteiger partial charge is 0.145 e. The van der Waals surface area contributed by atoms with E-state index in [1.165, 1.54) is 10.8 Å². The van der Waals surface area contributed by atoms with Gasteiger partial charge in [0.05, 0.1) is 5.71 Å². The first-order chi connectivity index (χ1) is 9.92. The Morgan fingerprint density at radius 2 is 1.60 bits per heavy atom. The molecular weight excluding hydrogens is 246 g/mol. The van der Waals surface area contributed by atoms with Crippen molar-refractivity contribution in [3.8, 4) is 5.75 Å². The number of hydrogen-bond acceptors (Lipinski definition) is 2. The lowest BCUT2D eigenvalue weighted by molar-refractivity contribution is 0.373. The van der Waals surface area contributed by atoms with E-state index in [-0.39, 0.29) is 0 Å². The van der Waals surface area contributed by atoms with Crippen LogP contribution >= 0.6 is 0 Å². The van der Waals surface area contributed by atoms with Crippen molar-refractivity contribution < 1.29 is 4.74 Å².